The third kappa shape index (κ3) is 2.91. The van der Waals surface area contributed by atoms with Crippen LogP contribution in [0, 0.1) is 5.92 Å². The summed E-state index contributed by atoms with van der Waals surface area (Å²) in [5, 5.41) is 0. The molecule has 1 aliphatic carbocycles. The molecule has 3 rings (SSSR count). The second-order valence-corrected chi connectivity index (χ2v) is 5.45. The van der Waals surface area contributed by atoms with E-state index in [-0.39, 0.29) is 0 Å². The minimum Gasteiger partial charge on any atom is -0.497 e. The Morgan fingerprint density at radius 3 is 2.95 bits per heavy atom. The fraction of sp³-hybridized carbons (Fsp3) is 0.533. The lowest BCUT2D eigenvalue weighted by atomic mass is 10.3. The third-order valence-corrected chi connectivity index (χ3v) is 3.90. The molecule has 0 aliphatic heterocycles. The van der Waals surface area contributed by atoms with Crippen molar-refractivity contribution in [2.24, 2.45) is 5.92 Å². The molecule has 0 spiro atoms. The van der Waals surface area contributed by atoms with Gasteiger partial charge in [0.25, 0.3) is 0 Å². The van der Waals surface area contributed by atoms with E-state index >= 15 is 0 Å². The Balaban J connectivity index is 1.75. The van der Waals surface area contributed by atoms with Gasteiger partial charge in [-0.05, 0) is 30.9 Å². The van der Waals surface area contributed by atoms with E-state index in [9.17, 15) is 0 Å². The zero-order chi connectivity index (χ0) is 13.9. The van der Waals surface area contributed by atoms with Crippen molar-refractivity contribution in [3.63, 3.8) is 0 Å². The number of alkyl halides is 1. The Morgan fingerprint density at radius 2 is 2.25 bits per heavy atom. The van der Waals surface area contributed by atoms with E-state index in [1.165, 1.54) is 12.8 Å². The first-order valence-electron chi connectivity index (χ1n) is 6.98. The van der Waals surface area contributed by atoms with Gasteiger partial charge in [0, 0.05) is 19.2 Å². The quantitative estimate of drug-likeness (QED) is 0.581. The molecule has 20 heavy (non-hydrogen) atoms. The molecule has 1 aromatic carbocycles. The molecule has 0 bridgehead atoms. The van der Waals surface area contributed by atoms with Crippen LogP contribution in [-0.2, 0) is 17.2 Å². The van der Waals surface area contributed by atoms with Crippen molar-refractivity contribution in [3.05, 3.63) is 24.0 Å². The summed E-state index contributed by atoms with van der Waals surface area (Å²) in [6, 6.07) is 5.91. The number of aromatic nitrogens is 2. The van der Waals surface area contributed by atoms with Gasteiger partial charge in [-0.3, -0.25) is 0 Å². The highest BCUT2D eigenvalue weighted by molar-refractivity contribution is 6.16. The first-order valence-corrected chi connectivity index (χ1v) is 7.52. The average Bonchev–Trinajstić information content (AvgIpc) is 3.24. The Bertz CT molecular complexity index is 593. The highest BCUT2D eigenvalue weighted by atomic mass is 35.5. The minimum absolute atomic E-state index is 0.402. The lowest BCUT2D eigenvalue weighted by molar-refractivity contribution is 0.117. The van der Waals surface area contributed by atoms with Gasteiger partial charge in [-0.15, -0.1) is 11.6 Å². The number of imidazole rings is 1. The number of nitrogens with zero attached hydrogens (tertiary/aromatic N) is 2. The summed E-state index contributed by atoms with van der Waals surface area (Å²) in [6.45, 7) is 2.38. The van der Waals surface area contributed by atoms with Crippen molar-refractivity contribution in [1.82, 2.24) is 9.55 Å². The standard InChI is InChI=1S/C15H19ClN2O2/c1-19-12-4-5-14-13(8-12)17-15(9-16)18(14)6-7-20-10-11-2-3-11/h4-5,8,11H,2-3,6-7,9-10H2,1H3. The molecule has 1 saturated carbocycles. The van der Waals surface area contributed by atoms with Gasteiger partial charge in [-0.25, -0.2) is 4.98 Å². The lowest BCUT2D eigenvalue weighted by Gasteiger charge is -2.08. The zero-order valence-electron chi connectivity index (χ0n) is 11.6. The molecule has 5 heteroatoms. The number of hydrogen-bond donors (Lipinski definition) is 0. The van der Waals surface area contributed by atoms with Gasteiger partial charge in [0.15, 0.2) is 0 Å². The summed E-state index contributed by atoms with van der Waals surface area (Å²) in [6.07, 6.45) is 2.64. The Morgan fingerprint density at radius 1 is 1.40 bits per heavy atom. The largest absolute Gasteiger partial charge is 0.497 e. The van der Waals surface area contributed by atoms with Crippen LogP contribution in [0.3, 0.4) is 0 Å². The van der Waals surface area contributed by atoms with E-state index in [1.807, 2.05) is 18.2 Å². The van der Waals surface area contributed by atoms with Crippen LogP contribution in [0.25, 0.3) is 11.0 Å². The number of fused-ring (bicyclic) bond motifs is 1. The number of rotatable bonds is 7. The van der Waals surface area contributed by atoms with Gasteiger partial charge < -0.3 is 14.0 Å². The average molecular weight is 295 g/mol. The number of hydrogen-bond acceptors (Lipinski definition) is 3. The fourth-order valence-corrected chi connectivity index (χ4v) is 2.53. The number of halogens is 1. The summed E-state index contributed by atoms with van der Waals surface area (Å²) in [7, 11) is 1.66. The predicted molar refractivity (Wildman–Crippen MR) is 79.4 cm³/mol. The summed E-state index contributed by atoms with van der Waals surface area (Å²) in [5.74, 6) is 2.89. The predicted octanol–water partition coefficient (Wildman–Crippen LogP) is 3.21. The van der Waals surface area contributed by atoms with Crippen molar-refractivity contribution >= 4 is 22.6 Å². The molecule has 0 unspecified atom stereocenters. The molecule has 0 radical (unpaired) electrons. The Kier molecular flexibility index (Phi) is 4.13. The van der Waals surface area contributed by atoms with Crippen molar-refractivity contribution in [3.8, 4) is 5.75 Å². The van der Waals surface area contributed by atoms with E-state index in [0.717, 1.165) is 41.7 Å². The van der Waals surface area contributed by atoms with Crippen LogP contribution in [0.15, 0.2) is 18.2 Å². The first-order chi connectivity index (χ1) is 9.81. The molecule has 1 heterocycles. The summed E-state index contributed by atoms with van der Waals surface area (Å²) in [4.78, 5) is 4.56. The molecular weight excluding hydrogens is 276 g/mol. The topological polar surface area (TPSA) is 36.3 Å². The molecule has 1 fully saturated rings. The minimum atomic E-state index is 0.402. The van der Waals surface area contributed by atoms with E-state index in [0.29, 0.717) is 12.5 Å². The SMILES string of the molecule is COc1ccc2c(c1)nc(CCl)n2CCOCC1CC1. The van der Waals surface area contributed by atoms with Crippen molar-refractivity contribution < 1.29 is 9.47 Å². The highest BCUT2D eigenvalue weighted by Crippen LogP contribution is 2.29. The number of methoxy groups -OCH3 is 1. The summed E-state index contributed by atoms with van der Waals surface area (Å²) in [5.41, 5.74) is 2.00. The van der Waals surface area contributed by atoms with Gasteiger partial charge in [0.1, 0.15) is 11.6 Å². The van der Waals surface area contributed by atoms with Gasteiger partial charge in [0.05, 0.1) is 30.6 Å². The molecule has 0 N–H and O–H groups in total. The Hall–Kier alpha value is -1.26. The zero-order valence-corrected chi connectivity index (χ0v) is 12.4. The van der Waals surface area contributed by atoms with Crippen molar-refractivity contribution in [2.45, 2.75) is 25.3 Å². The maximum Gasteiger partial charge on any atom is 0.124 e. The number of ether oxygens (including phenoxy) is 2. The first kappa shape index (κ1) is 13.7. The molecule has 0 atom stereocenters. The molecule has 1 aromatic heterocycles. The van der Waals surface area contributed by atoms with E-state index in [4.69, 9.17) is 21.1 Å². The highest BCUT2D eigenvalue weighted by Gasteiger charge is 2.21. The molecule has 2 aromatic rings. The second kappa shape index (κ2) is 6.02. The normalized spacial score (nSPS) is 14.9. The summed E-state index contributed by atoms with van der Waals surface area (Å²) < 4.78 is 13.1. The van der Waals surface area contributed by atoms with E-state index < -0.39 is 0 Å². The van der Waals surface area contributed by atoms with E-state index in [2.05, 4.69) is 9.55 Å². The monoisotopic (exact) mass is 294 g/mol. The van der Waals surface area contributed by atoms with Crippen LogP contribution in [0.5, 0.6) is 5.75 Å². The number of benzene rings is 1. The lowest BCUT2D eigenvalue weighted by Crippen LogP contribution is -2.09. The van der Waals surface area contributed by atoms with Crippen LogP contribution < -0.4 is 4.74 Å². The summed E-state index contributed by atoms with van der Waals surface area (Å²) >= 11 is 6.00. The maximum atomic E-state index is 6.00. The smallest absolute Gasteiger partial charge is 0.124 e. The third-order valence-electron chi connectivity index (χ3n) is 3.66. The van der Waals surface area contributed by atoms with Crippen LogP contribution >= 0.6 is 11.6 Å². The van der Waals surface area contributed by atoms with Crippen LogP contribution in [-0.4, -0.2) is 29.9 Å². The van der Waals surface area contributed by atoms with Gasteiger partial charge >= 0.3 is 0 Å². The fourth-order valence-electron chi connectivity index (χ4n) is 2.33. The van der Waals surface area contributed by atoms with E-state index in [1.54, 1.807) is 7.11 Å². The molecule has 108 valence electrons. The van der Waals surface area contributed by atoms with Gasteiger partial charge in [0.2, 0.25) is 0 Å². The molecule has 0 saturated heterocycles. The Labute approximate surface area is 123 Å². The van der Waals surface area contributed by atoms with Crippen LogP contribution in [0.2, 0.25) is 0 Å². The molecule has 0 amide bonds. The molecular formula is C15H19ClN2O2. The van der Waals surface area contributed by atoms with Crippen LogP contribution in [0.1, 0.15) is 18.7 Å². The van der Waals surface area contributed by atoms with Crippen molar-refractivity contribution in [1.29, 1.82) is 0 Å². The van der Waals surface area contributed by atoms with Gasteiger partial charge in [-0.2, -0.15) is 0 Å². The maximum absolute atomic E-state index is 6.00. The van der Waals surface area contributed by atoms with Crippen molar-refractivity contribution in [2.75, 3.05) is 20.3 Å². The second-order valence-electron chi connectivity index (χ2n) is 5.19. The molecule has 1 aliphatic rings. The van der Waals surface area contributed by atoms with Gasteiger partial charge in [-0.1, -0.05) is 0 Å². The van der Waals surface area contributed by atoms with Crippen LogP contribution in [0.4, 0.5) is 0 Å². The molecule has 4 nitrogen and oxygen atoms in total.